The van der Waals surface area contributed by atoms with Gasteiger partial charge in [-0.05, 0) is 18.1 Å². The zero-order valence-corrected chi connectivity index (χ0v) is 12.4. The summed E-state index contributed by atoms with van der Waals surface area (Å²) in [6, 6.07) is 6.61. The quantitative estimate of drug-likeness (QED) is 0.787. The molecule has 6 nitrogen and oxygen atoms in total. The molecule has 2 aromatic rings. The maximum atomic E-state index is 12.3. The summed E-state index contributed by atoms with van der Waals surface area (Å²) < 4.78 is 24.7. The predicted octanol–water partition coefficient (Wildman–Crippen LogP) is 2.64. The van der Waals surface area contributed by atoms with Crippen LogP contribution in [-0.4, -0.2) is 27.9 Å². The monoisotopic (exact) mass is 328 g/mol. The summed E-state index contributed by atoms with van der Waals surface area (Å²) in [5.74, 6) is 0. The fourth-order valence-corrected chi connectivity index (χ4v) is 2.37. The van der Waals surface area contributed by atoms with Crippen LogP contribution in [0.25, 0.3) is 0 Å². The minimum Gasteiger partial charge on any atom is -0.387 e. The summed E-state index contributed by atoms with van der Waals surface area (Å²) in [6.45, 7) is 1.84. The minimum absolute atomic E-state index is 0.0167. The standard InChI is InChI=1S/C13H14F2N4O2S/c1-7-4-2-3-5-8(7)9(20)6-16-12(21)17-13-19-18-11(22-13)10(14)15/h2-5,9-10,20H,6H2,1H3,(H2,16,17,19,21). The molecule has 118 valence electrons. The van der Waals surface area contributed by atoms with Crippen LogP contribution in [0.5, 0.6) is 0 Å². The van der Waals surface area contributed by atoms with E-state index in [9.17, 15) is 18.7 Å². The van der Waals surface area contributed by atoms with Crippen LogP contribution in [0, 0.1) is 6.92 Å². The molecule has 2 amide bonds. The molecule has 3 N–H and O–H groups in total. The molecule has 0 aliphatic rings. The van der Waals surface area contributed by atoms with E-state index < -0.39 is 23.6 Å². The van der Waals surface area contributed by atoms with Crippen molar-refractivity contribution in [2.75, 3.05) is 11.9 Å². The lowest BCUT2D eigenvalue weighted by Crippen LogP contribution is -2.32. The van der Waals surface area contributed by atoms with Gasteiger partial charge in [-0.3, -0.25) is 5.32 Å². The van der Waals surface area contributed by atoms with E-state index in [1.165, 1.54) is 0 Å². The van der Waals surface area contributed by atoms with E-state index in [4.69, 9.17) is 0 Å². The van der Waals surface area contributed by atoms with Crippen molar-refractivity contribution in [1.82, 2.24) is 15.5 Å². The zero-order chi connectivity index (χ0) is 16.1. The molecule has 0 fully saturated rings. The number of alkyl halides is 2. The second-order valence-electron chi connectivity index (χ2n) is 4.45. The number of halogens is 2. The van der Waals surface area contributed by atoms with Crippen LogP contribution in [0.3, 0.4) is 0 Å². The van der Waals surface area contributed by atoms with E-state index in [1.54, 1.807) is 12.1 Å². The fourth-order valence-electron chi connectivity index (χ4n) is 1.77. The molecule has 1 aromatic carbocycles. The van der Waals surface area contributed by atoms with Crippen molar-refractivity contribution in [2.24, 2.45) is 0 Å². The highest BCUT2D eigenvalue weighted by molar-refractivity contribution is 7.15. The third kappa shape index (κ3) is 4.18. The second-order valence-corrected chi connectivity index (χ2v) is 5.46. The molecule has 22 heavy (non-hydrogen) atoms. The predicted molar refractivity (Wildman–Crippen MR) is 78.0 cm³/mol. The van der Waals surface area contributed by atoms with Crippen molar-refractivity contribution in [3.05, 3.63) is 40.4 Å². The molecule has 1 unspecified atom stereocenters. The minimum atomic E-state index is -2.72. The number of aryl methyl sites for hydroxylation is 1. The Morgan fingerprint density at radius 2 is 2.09 bits per heavy atom. The van der Waals surface area contributed by atoms with E-state index in [0.717, 1.165) is 5.56 Å². The van der Waals surface area contributed by atoms with Gasteiger partial charge in [0.25, 0.3) is 6.43 Å². The van der Waals surface area contributed by atoms with Gasteiger partial charge in [-0.1, -0.05) is 35.6 Å². The van der Waals surface area contributed by atoms with Crippen LogP contribution in [0.15, 0.2) is 24.3 Å². The lowest BCUT2D eigenvalue weighted by atomic mass is 10.0. The summed E-state index contributed by atoms with van der Waals surface area (Å²) in [6.07, 6.45) is -3.59. The number of nitrogens with one attached hydrogen (secondary N) is 2. The lowest BCUT2D eigenvalue weighted by Gasteiger charge is -2.14. The first-order chi connectivity index (χ1) is 10.5. The summed E-state index contributed by atoms with van der Waals surface area (Å²) >= 11 is 0.596. The van der Waals surface area contributed by atoms with Gasteiger partial charge in [-0.2, -0.15) is 0 Å². The highest BCUT2D eigenvalue weighted by atomic mass is 32.1. The van der Waals surface area contributed by atoms with E-state index in [1.807, 2.05) is 19.1 Å². The number of hydrogen-bond acceptors (Lipinski definition) is 5. The SMILES string of the molecule is Cc1ccccc1C(O)CNC(=O)Nc1nnc(C(F)F)s1. The molecule has 0 bridgehead atoms. The Bertz CT molecular complexity index is 650. The number of urea groups is 1. The fraction of sp³-hybridized carbons (Fsp3) is 0.308. The first-order valence-corrected chi connectivity index (χ1v) is 7.19. The van der Waals surface area contributed by atoms with E-state index in [2.05, 4.69) is 20.8 Å². The van der Waals surface area contributed by atoms with Crippen LogP contribution < -0.4 is 10.6 Å². The number of aliphatic hydroxyl groups excluding tert-OH is 1. The van der Waals surface area contributed by atoms with Gasteiger partial charge in [0.2, 0.25) is 5.13 Å². The largest absolute Gasteiger partial charge is 0.387 e. The van der Waals surface area contributed by atoms with Crippen LogP contribution in [0.4, 0.5) is 18.7 Å². The number of hydrogen-bond donors (Lipinski definition) is 3. The first-order valence-electron chi connectivity index (χ1n) is 6.37. The van der Waals surface area contributed by atoms with Gasteiger partial charge in [0.15, 0.2) is 5.01 Å². The molecule has 0 spiro atoms. The van der Waals surface area contributed by atoms with Gasteiger partial charge in [-0.15, -0.1) is 10.2 Å². The van der Waals surface area contributed by atoms with E-state index in [-0.39, 0.29) is 11.7 Å². The molecule has 0 radical (unpaired) electrons. The van der Waals surface area contributed by atoms with Gasteiger partial charge in [0.05, 0.1) is 6.10 Å². The Morgan fingerprint density at radius 1 is 1.36 bits per heavy atom. The molecule has 0 aliphatic heterocycles. The van der Waals surface area contributed by atoms with Gasteiger partial charge < -0.3 is 10.4 Å². The molecule has 0 saturated heterocycles. The van der Waals surface area contributed by atoms with Crippen LogP contribution in [0.1, 0.15) is 28.7 Å². The highest BCUT2D eigenvalue weighted by Crippen LogP contribution is 2.25. The van der Waals surface area contributed by atoms with Gasteiger partial charge in [0.1, 0.15) is 0 Å². The number of nitrogens with zero attached hydrogens (tertiary/aromatic N) is 2. The van der Waals surface area contributed by atoms with Crippen molar-refractivity contribution in [2.45, 2.75) is 19.5 Å². The van der Waals surface area contributed by atoms with Gasteiger partial charge >= 0.3 is 6.03 Å². The normalized spacial score (nSPS) is 12.2. The maximum Gasteiger partial charge on any atom is 0.321 e. The van der Waals surface area contributed by atoms with Crippen molar-refractivity contribution in [3.63, 3.8) is 0 Å². The number of aliphatic hydroxyl groups is 1. The lowest BCUT2D eigenvalue weighted by molar-refractivity contribution is 0.150. The third-order valence-corrected chi connectivity index (χ3v) is 3.70. The topological polar surface area (TPSA) is 87.1 Å². The molecule has 2 rings (SSSR count). The number of carbonyl (C=O) groups excluding carboxylic acids is 1. The summed E-state index contributed by atoms with van der Waals surface area (Å²) in [4.78, 5) is 11.6. The number of carbonyl (C=O) groups is 1. The van der Waals surface area contributed by atoms with E-state index in [0.29, 0.717) is 16.9 Å². The molecule has 1 atom stereocenters. The molecule has 0 saturated carbocycles. The molecule has 1 aromatic heterocycles. The van der Waals surface area contributed by atoms with Crippen molar-refractivity contribution < 1.29 is 18.7 Å². The van der Waals surface area contributed by atoms with Crippen LogP contribution in [-0.2, 0) is 0 Å². The number of rotatable bonds is 5. The van der Waals surface area contributed by atoms with Crippen molar-refractivity contribution >= 4 is 22.5 Å². The maximum absolute atomic E-state index is 12.3. The number of amides is 2. The van der Waals surface area contributed by atoms with Crippen molar-refractivity contribution in [3.8, 4) is 0 Å². The number of aromatic nitrogens is 2. The van der Waals surface area contributed by atoms with Gasteiger partial charge in [-0.25, -0.2) is 13.6 Å². The molecule has 0 aliphatic carbocycles. The Balaban J connectivity index is 1.86. The summed E-state index contributed by atoms with van der Waals surface area (Å²) in [5.41, 5.74) is 1.61. The Labute approximate surface area is 129 Å². The number of benzene rings is 1. The highest BCUT2D eigenvalue weighted by Gasteiger charge is 2.16. The molecular weight excluding hydrogens is 314 g/mol. The second kappa shape index (κ2) is 7.23. The van der Waals surface area contributed by atoms with Gasteiger partial charge in [0, 0.05) is 6.54 Å². The third-order valence-electron chi connectivity index (χ3n) is 2.85. The van der Waals surface area contributed by atoms with E-state index >= 15 is 0 Å². The Morgan fingerprint density at radius 3 is 2.73 bits per heavy atom. The Hall–Kier alpha value is -2.13. The smallest absolute Gasteiger partial charge is 0.321 e. The summed E-state index contributed by atoms with van der Waals surface area (Å²) in [7, 11) is 0. The average molecular weight is 328 g/mol. The average Bonchev–Trinajstić information content (AvgIpc) is 2.94. The number of anilines is 1. The van der Waals surface area contributed by atoms with Crippen molar-refractivity contribution in [1.29, 1.82) is 0 Å². The van der Waals surface area contributed by atoms with Crippen LogP contribution >= 0.6 is 11.3 Å². The Kier molecular flexibility index (Phi) is 5.34. The molecular formula is C13H14F2N4O2S. The summed E-state index contributed by atoms with van der Waals surface area (Å²) in [5, 5.41) is 21.0. The van der Waals surface area contributed by atoms with Crippen LogP contribution in [0.2, 0.25) is 0 Å². The first kappa shape index (κ1) is 16.2. The molecule has 9 heteroatoms. The zero-order valence-electron chi connectivity index (χ0n) is 11.6. The molecule has 1 heterocycles.